The highest BCUT2D eigenvalue weighted by atomic mass is 16.4. The molecule has 0 aliphatic heterocycles. The van der Waals surface area contributed by atoms with Gasteiger partial charge in [-0.2, -0.15) is 0 Å². The number of hydrogen-bond donors (Lipinski definition) is 1. The molecular weight excluding hydrogens is 284 g/mol. The molecule has 2 heteroatoms. The number of fused-ring (bicyclic) bond motifs is 5. The van der Waals surface area contributed by atoms with Gasteiger partial charge in [-0.25, -0.2) is 4.79 Å². The van der Waals surface area contributed by atoms with Gasteiger partial charge >= 0.3 is 5.97 Å². The summed E-state index contributed by atoms with van der Waals surface area (Å²) in [6.45, 7) is 4.79. The van der Waals surface area contributed by atoms with Crippen LogP contribution in [0.1, 0.15) is 65.2 Å². The zero-order valence-electron chi connectivity index (χ0n) is 14.4. The van der Waals surface area contributed by atoms with Gasteiger partial charge in [-0.1, -0.05) is 42.7 Å². The Morgan fingerprint density at radius 1 is 1.26 bits per heavy atom. The predicted octanol–water partition coefficient (Wildman–Crippen LogP) is 5.27. The molecule has 2 nitrogen and oxygen atoms in total. The van der Waals surface area contributed by atoms with E-state index in [2.05, 4.69) is 26.0 Å². The van der Waals surface area contributed by atoms with Crippen molar-refractivity contribution < 1.29 is 9.90 Å². The molecule has 2 saturated carbocycles. The van der Waals surface area contributed by atoms with Gasteiger partial charge in [0.05, 0.1) is 0 Å². The normalized spacial score (nSPS) is 44.0. The quantitative estimate of drug-likeness (QED) is 0.529. The molecule has 0 aromatic heterocycles. The Morgan fingerprint density at radius 2 is 2.09 bits per heavy atom. The van der Waals surface area contributed by atoms with Crippen LogP contribution < -0.4 is 0 Å². The summed E-state index contributed by atoms with van der Waals surface area (Å²) in [4.78, 5) is 11.2. The van der Waals surface area contributed by atoms with E-state index in [0.717, 1.165) is 12.8 Å². The minimum Gasteiger partial charge on any atom is -0.478 e. The molecule has 4 aliphatic carbocycles. The lowest BCUT2D eigenvalue weighted by molar-refractivity contribution is -0.131. The SMILES string of the molecule is C[C@]12CCCC=C1CC[C@@H]1C2=CC[C@]2(C)/C(=C/C(=O)O)CC[C@@H]12. The Morgan fingerprint density at radius 3 is 2.87 bits per heavy atom. The molecule has 23 heavy (non-hydrogen) atoms. The fourth-order valence-corrected chi connectivity index (χ4v) is 6.28. The zero-order chi connectivity index (χ0) is 16.2. The van der Waals surface area contributed by atoms with Crippen LogP contribution in [0.4, 0.5) is 0 Å². The summed E-state index contributed by atoms with van der Waals surface area (Å²) in [6.07, 6.45) is 16.1. The molecule has 0 amide bonds. The molecule has 0 radical (unpaired) electrons. The third kappa shape index (κ3) is 2.10. The minimum absolute atomic E-state index is 0.0821. The second kappa shape index (κ2) is 5.09. The van der Waals surface area contributed by atoms with Crippen LogP contribution in [0.3, 0.4) is 0 Å². The molecule has 4 aliphatic rings. The third-order valence-corrected chi connectivity index (χ3v) is 7.55. The Bertz CT molecular complexity index is 638. The maximum Gasteiger partial charge on any atom is 0.328 e. The predicted molar refractivity (Wildman–Crippen MR) is 92.0 cm³/mol. The highest BCUT2D eigenvalue weighted by Gasteiger charge is 2.53. The van der Waals surface area contributed by atoms with Crippen molar-refractivity contribution in [3.05, 3.63) is 34.9 Å². The Kier molecular flexibility index (Phi) is 3.37. The monoisotopic (exact) mass is 312 g/mol. The molecule has 1 N–H and O–H groups in total. The number of rotatable bonds is 1. The lowest BCUT2D eigenvalue weighted by Gasteiger charge is -2.53. The van der Waals surface area contributed by atoms with Crippen LogP contribution in [0.15, 0.2) is 34.9 Å². The van der Waals surface area contributed by atoms with Gasteiger partial charge in [0.15, 0.2) is 0 Å². The second-order valence-corrected chi connectivity index (χ2v) is 8.53. The Labute approximate surface area is 139 Å². The van der Waals surface area contributed by atoms with Crippen LogP contribution in [0.2, 0.25) is 0 Å². The summed E-state index contributed by atoms with van der Waals surface area (Å²) >= 11 is 0. The maximum absolute atomic E-state index is 11.2. The van der Waals surface area contributed by atoms with Crippen molar-refractivity contribution in [1.82, 2.24) is 0 Å². The van der Waals surface area contributed by atoms with Gasteiger partial charge in [-0.3, -0.25) is 0 Å². The summed E-state index contributed by atoms with van der Waals surface area (Å²) in [6, 6.07) is 0. The number of aliphatic carboxylic acids is 1. The van der Waals surface area contributed by atoms with Crippen LogP contribution in [0.5, 0.6) is 0 Å². The van der Waals surface area contributed by atoms with Gasteiger partial charge in [0.2, 0.25) is 0 Å². The molecule has 4 rings (SSSR count). The molecule has 0 bridgehead atoms. The van der Waals surface area contributed by atoms with Crippen LogP contribution in [-0.4, -0.2) is 11.1 Å². The van der Waals surface area contributed by atoms with Crippen molar-refractivity contribution >= 4 is 5.97 Å². The molecule has 2 fully saturated rings. The van der Waals surface area contributed by atoms with Crippen LogP contribution >= 0.6 is 0 Å². The first-order chi connectivity index (χ1) is 10.9. The van der Waals surface area contributed by atoms with E-state index in [1.807, 2.05) is 0 Å². The molecule has 4 atom stereocenters. The van der Waals surface area contributed by atoms with Crippen LogP contribution in [-0.2, 0) is 4.79 Å². The zero-order valence-corrected chi connectivity index (χ0v) is 14.4. The smallest absolute Gasteiger partial charge is 0.328 e. The van der Waals surface area contributed by atoms with Gasteiger partial charge in [-0.15, -0.1) is 0 Å². The number of hydrogen-bond acceptors (Lipinski definition) is 1. The lowest BCUT2D eigenvalue weighted by Crippen LogP contribution is -2.42. The Hall–Kier alpha value is -1.31. The van der Waals surface area contributed by atoms with Crippen molar-refractivity contribution in [1.29, 1.82) is 0 Å². The van der Waals surface area contributed by atoms with E-state index in [4.69, 9.17) is 0 Å². The molecule has 0 saturated heterocycles. The molecular formula is C21H28O2. The van der Waals surface area contributed by atoms with E-state index in [9.17, 15) is 9.90 Å². The summed E-state index contributed by atoms with van der Waals surface area (Å²) < 4.78 is 0. The van der Waals surface area contributed by atoms with Crippen LogP contribution in [0, 0.1) is 22.7 Å². The van der Waals surface area contributed by atoms with Crippen molar-refractivity contribution in [3.63, 3.8) is 0 Å². The number of carboxylic acids is 1. The summed E-state index contributed by atoms with van der Waals surface area (Å²) in [5.41, 5.74) is 4.96. The van der Waals surface area contributed by atoms with Gasteiger partial charge in [-0.05, 0) is 68.6 Å². The molecule has 0 aromatic rings. The number of carboxylic acid groups (broad SMARTS) is 1. The number of carbonyl (C=O) groups is 1. The van der Waals surface area contributed by atoms with Gasteiger partial charge in [0, 0.05) is 11.5 Å². The standard InChI is InChI=1S/C21H28O2/c1-20-11-4-3-5-14(20)6-8-16-17-9-7-15(13-19(22)23)21(17,2)12-10-18(16)20/h5,10,13,16-17H,3-4,6-9,11-12H2,1-2H3,(H,22,23)/b15-13+/t16-,17-,20-,21+/m0/s1. The molecule has 0 unspecified atom stereocenters. The fourth-order valence-electron chi connectivity index (χ4n) is 6.28. The van der Waals surface area contributed by atoms with E-state index >= 15 is 0 Å². The maximum atomic E-state index is 11.2. The third-order valence-electron chi connectivity index (χ3n) is 7.55. The van der Waals surface area contributed by atoms with Crippen molar-refractivity contribution in [3.8, 4) is 0 Å². The van der Waals surface area contributed by atoms with E-state index in [1.54, 1.807) is 11.1 Å². The Balaban J connectivity index is 1.74. The summed E-state index contributed by atoms with van der Waals surface area (Å²) in [7, 11) is 0. The van der Waals surface area contributed by atoms with E-state index in [1.165, 1.54) is 50.2 Å². The van der Waals surface area contributed by atoms with Crippen molar-refractivity contribution in [2.75, 3.05) is 0 Å². The fraction of sp³-hybridized carbons (Fsp3) is 0.667. The molecule has 0 heterocycles. The van der Waals surface area contributed by atoms with Crippen LogP contribution in [0.25, 0.3) is 0 Å². The first-order valence-corrected chi connectivity index (χ1v) is 9.29. The highest BCUT2D eigenvalue weighted by molar-refractivity contribution is 5.81. The topological polar surface area (TPSA) is 37.3 Å². The average molecular weight is 312 g/mol. The average Bonchev–Trinajstić information content (AvgIpc) is 2.83. The lowest BCUT2D eigenvalue weighted by atomic mass is 9.52. The van der Waals surface area contributed by atoms with E-state index in [-0.39, 0.29) is 5.41 Å². The van der Waals surface area contributed by atoms with Crippen molar-refractivity contribution in [2.45, 2.75) is 65.2 Å². The molecule has 0 aromatic carbocycles. The van der Waals surface area contributed by atoms with E-state index in [0.29, 0.717) is 17.3 Å². The number of allylic oxidation sites excluding steroid dienone is 5. The van der Waals surface area contributed by atoms with Gasteiger partial charge < -0.3 is 5.11 Å². The van der Waals surface area contributed by atoms with Gasteiger partial charge in [0.25, 0.3) is 0 Å². The molecule has 0 spiro atoms. The highest BCUT2D eigenvalue weighted by Crippen LogP contribution is 2.64. The van der Waals surface area contributed by atoms with Gasteiger partial charge in [0.1, 0.15) is 0 Å². The molecule has 124 valence electrons. The first-order valence-electron chi connectivity index (χ1n) is 9.29. The van der Waals surface area contributed by atoms with E-state index < -0.39 is 5.97 Å². The summed E-state index contributed by atoms with van der Waals surface area (Å²) in [5, 5.41) is 9.21. The summed E-state index contributed by atoms with van der Waals surface area (Å²) in [5.74, 6) is 0.548. The first kappa shape index (κ1) is 15.2. The largest absolute Gasteiger partial charge is 0.478 e. The minimum atomic E-state index is -0.773. The van der Waals surface area contributed by atoms with Crippen molar-refractivity contribution in [2.24, 2.45) is 22.7 Å². The second-order valence-electron chi connectivity index (χ2n) is 8.53.